The Hall–Kier alpha value is -2.11. The van der Waals surface area contributed by atoms with Crippen molar-refractivity contribution in [2.24, 2.45) is 0 Å². The van der Waals surface area contributed by atoms with Crippen molar-refractivity contribution >= 4 is 23.1 Å². The van der Waals surface area contributed by atoms with E-state index in [9.17, 15) is 0 Å². The Kier molecular flexibility index (Phi) is 3.44. The molecule has 1 saturated heterocycles. The van der Waals surface area contributed by atoms with Gasteiger partial charge in [0.25, 0.3) is 0 Å². The van der Waals surface area contributed by atoms with E-state index in [-0.39, 0.29) is 0 Å². The summed E-state index contributed by atoms with van der Waals surface area (Å²) < 4.78 is 7.48. The van der Waals surface area contributed by atoms with Gasteiger partial charge in [-0.2, -0.15) is 0 Å². The lowest BCUT2D eigenvalue weighted by Crippen LogP contribution is -2.37. The minimum atomic E-state index is 0.730. The number of rotatable bonds is 2. The Morgan fingerprint density at radius 1 is 1.05 bits per heavy atom. The molecule has 5 nitrogen and oxygen atoms in total. The molecule has 0 atom stereocenters. The molecule has 6 heteroatoms. The van der Waals surface area contributed by atoms with Gasteiger partial charge in [0.15, 0.2) is 11.5 Å². The van der Waals surface area contributed by atoms with E-state index in [1.165, 1.54) is 0 Å². The zero-order valence-electron chi connectivity index (χ0n) is 11.9. The number of hydrogen-bond acceptors (Lipinski definition) is 4. The molecule has 0 unspecified atom stereocenters. The predicted octanol–water partition coefficient (Wildman–Crippen LogP) is 2.89. The van der Waals surface area contributed by atoms with Gasteiger partial charge in [-0.1, -0.05) is 23.7 Å². The van der Waals surface area contributed by atoms with Crippen molar-refractivity contribution in [3.63, 3.8) is 0 Å². The second-order valence-electron chi connectivity index (χ2n) is 5.19. The molecule has 0 spiro atoms. The molecule has 1 aliphatic heterocycles. The van der Waals surface area contributed by atoms with E-state index >= 15 is 0 Å². The van der Waals surface area contributed by atoms with E-state index in [4.69, 9.17) is 16.3 Å². The van der Waals surface area contributed by atoms with Gasteiger partial charge >= 0.3 is 0 Å². The molecule has 0 bridgehead atoms. The maximum Gasteiger partial charge on any atom is 0.180 e. The number of hydrogen-bond donors (Lipinski definition) is 0. The van der Waals surface area contributed by atoms with Gasteiger partial charge in [-0.15, -0.1) is 0 Å². The molecule has 0 aliphatic carbocycles. The van der Waals surface area contributed by atoms with E-state index < -0.39 is 0 Å². The molecule has 3 heterocycles. The lowest BCUT2D eigenvalue weighted by molar-refractivity contribution is 0.122. The van der Waals surface area contributed by atoms with Crippen molar-refractivity contribution in [1.29, 1.82) is 0 Å². The molecule has 0 N–H and O–H groups in total. The largest absolute Gasteiger partial charge is 0.378 e. The molecule has 0 amide bonds. The Morgan fingerprint density at radius 3 is 2.59 bits per heavy atom. The fourth-order valence-corrected chi connectivity index (χ4v) is 2.86. The molecule has 1 fully saturated rings. The molecule has 1 aliphatic rings. The molecule has 112 valence electrons. The van der Waals surface area contributed by atoms with Gasteiger partial charge in [0.2, 0.25) is 0 Å². The molecule has 0 radical (unpaired) electrons. The van der Waals surface area contributed by atoms with Crippen LogP contribution in [-0.4, -0.2) is 40.7 Å². The maximum absolute atomic E-state index is 5.97. The van der Waals surface area contributed by atoms with Crippen molar-refractivity contribution < 1.29 is 4.74 Å². The zero-order valence-corrected chi connectivity index (χ0v) is 12.7. The van der Waals surface area contributed by atoms with Crippen molar-refractivity contribution in [2.45, 2.75) is 0 Å². The third kappa shape index (κ3) is 2.32. The third-order valence-corrected chi connectivity index (χ3v) is 4.11. The van der Waals surface area contributed by atoms with Crippen molar-refractivity contribution in [3.05, 3.63) is 47.9 Å². The van der Waals surface area contributed by atoms with Crippen LogP contribution in [0.25, 0.3) is 16.9 Å². The lowest BCUT2D eigenvalue weighted by Gasteiger charge is -2.27. The summed E-state index contributed by atoms with van der Waals surface area (Å²) in [5.74, 6) is 0.908. The third-order valence-electron chi connectivity index (χ3n) is 3.86. The minimum Gasteiger partial charge on any atom is -0.378 e. The van der Waals surface area contributed by atoms with E-state index in [2.05, 4.69) is 19.3 Å². The summed E-state index contributed by atoms with van der Waals surface area (Å²) in [6.45, 7) is 3.15. The number of halogens is 1. The highest BCUT2D eigenvalue weighted by atomic mass is 35.5. The molecule has 0 saturated carbocycles. The highest BCUT2D eigenvalue weighted by Crippen LogP contribution is 2.26. The molecule has 3 aromatic rings. The van der Waals surface area contributed by atoms with E-state index in [1.807, 2.05) is 42.9 Å². The number of nitrogens with zero attached hydrogens (tertiary/aromatic N) is 4. The SMILES string of the molecule is Clc1ccc(-c2cnc3c(N4CCOCC4)nccn23)cc1. The molecule has 4 rings (SSSR count). The van der Waals surface area contributed by atoms with Crippen LogP contribution in [0, 0.1) is 0 Å². The first-order valence-electron chi connectivity index (χ1n) is 7.23. The Labute approximate surface area is 133 Å². The average Bonchev–Trinajstić information content (AvgIpc) is 3.00. The van der Waals surface area contributed by atoms with Gasteiger partial charge in [-0.05, 0) is 12.1 Å². The molecule has 1 aromatic carbocycles. The normalized spacial score (nSPS) is 15.4. The van der Waals surface area contributed by atoms with E-state index in [0.717, 1.165) is 54.0 Å². The minimum absolute atomic E-state index is 0.730. The topological polar surface area (TPSA) is 42.7 Å². The van der Waals surface area contributed by atoms with Crippen LogP contribution in [0.15, 0.2) is 42.9 Å². The van der Waals surface area contributed by atoms with Gasteiger partial charge in [0.1, 0.15) is 0 Å². The average molecular weight is 315 g/mol. The summed E-state index contributed by atoms with van der Waals surface area (Å²) >= 11 is 5.97. The smallest absolute Gasteiger partial charge is 0.180 e. The standard InChI is InChI=1S/C16H15ClN4O/c17-13-3-1-12(2-4-13)14-11-19-16-15(18-5-6-21(14)16)20-7-9-22-10-8-20/h1-6,11H,7-10H2. The summed E-state index contributed by atoms with van der Waals surface area (Å²) in [6.07, 6.45) is 5.64. The summed E-state index contributed by atoms with van der Waals surface area (Å²) in [7, 11) is 0. The Bertz CT molecular complexity index is 794. The lowest BCUT2D eigenvalue weighted by atomic mass is 10.2. The van der Waals surface area contributed by atoms with Gasteiger partial charge in [-0.25, -0.2) is 9.97 Å². The van der Waals surface area contributed by atoms with Crippen LogP contribution in [-0.2, 0) is 4.74 Å². The monoisotopic (exact) mass is 314 g/mol. The summed E-state index contributed by atoms with van der Waals surface area (Å²) in [6, 6.07) is 7.78. The van der Waals surface area contributed by atoms with Crippen molar-refractivity contribution in [3.8, 4) is 11.3 Å². The fourth-order valence-electron chi connectivity index (χ4n) is 2.74. The molecule has 2 aromatic heterocycles. The number of anilines is 1. The summed E-state index contributed by atoms with van der Waals surface area (Å²) in [4.78, 5) is 11.3. The quantitative estimate of drug-likeness (QED) is 0.729. The van der Waals surface area contributed by atoms with Gasteiger partial charge in [0.05, 0.1) is 25.1 Å². The number of morpholine rings is 1. The van der Waals surface area contributed by atoms with Crippen LogP contribution in [0.4, 0.5) is 5.82 Å². The number of ether oxygens (including phenoxy) is 1. The fraction of sp³-hybridized carbons (Fsp3) is 0.250. The van der Waals surface area contributed by atoms with Crippen LogP contribution in [0.5, 0.6) is 0 Å². The number of fused-ring (bicyclic) bond motifs is 1. The van der Waals surface area contributed by atoms with Crippen molar-refractivity contribution in [2.75, 3.05) is 31.2 Å². The van der Waals surface area contributed by atoms with Crippen LogP contribution >= 0.6 is 11.6 Å². The Morgan fingerprint density at radius 2 is 1.82 bits per heavy atom. The van der Waals surface area contributed by atoms with Crippen LogP contribution in [0.1, 0.15) is 0 Å². The van der Waals surface area contributed by atoms with Gasteiger partial charge < -0.3 is 9.64 Å². The highest BCUT2D eigenvalue weighted by Gasteiger charge is 2.17. The molecular formula is C16H15ClN4O. The van der Waals surface area contributed by atoms with E-state index in [1.54, 1.807) is 0 Å². The number of benzene rings is 1. The second kappa shape index (κ2) is 5.59. The van der Waals surface area contributed by atoms with Crippen LogP contribution in [0.3, 0.4) is 0 Å². The number of imidazole rings is 1. The second-order valence-corrected chi connectivity index (χ2v) is 5.63. The first-order valence-corrected chi connectivity index (χ1v) is 7.61. The van der Waals surface area contributed by atoms with Gasteiger partial charge in [-0.3, -0.25) is 4.40 Å². The highest BCUT2D eigenvalue weighted by molar-refractivity contribution is 6.30. The van der Waals surface area contributed by atoms with Crippen molar-refractivity contribution in [1.82, 2.24) is 14.4 Å². The van der Waals surface area contributed by atoms with Crippen LogP contribution < -0.4 is 4.90 Å². The molecule has 22 heavy (non-hydrogen) atoms. The Balaban J connectivity index is 1.80. The van der Waals surface area contributed by atoms with E-state index in [0.29, 0.717) is 0 Å². The first-order chi connectivity index (χ1) is 10.8. The summed E-state index contributed by atoms with van der Waals surface area (Å²) in [5, 5.41) is 0.730. The van der Waals surface area contributed by atoms with Crippen LogP contribution in [0.2, 0.25) is 5.02 Å². The summed E-state index contributed by atoms with van der Waals surface area (Å²) in [5.41, 5.74) is 2.98. The molecular weight excluding hydrogens is 300 g/mol. The van der Waals surface area contributed by atoms with Gasteiger partial charge in [0, 0.05) is 36.1 Å². The predicted molar refractivity (Wildman–Crippen MR) is 86.5 cm³/mol. The number of aromatic nitrogens is 3. The maximum atomic E-state index is 5.97. The zero-order chi connectivity index (χ0) is 14.9. The first kappa shape index (κ1) is 13.5.